The van der Waals surface area contributed by atoms with Crippen molar-refractivity contribution in [1.29, 1.82) is 0 Å². The van der Waals surface area contributed by atoms with Crippen LogP contribution in [0.3, 0.4) is 0 Å². The van der Waals surface area contributed by atoms with Crippen molar-refractivity contribution in [1.82, 2.24) is 9.47 Å². The van der Waals surface area contributed by atoms with Gasteiger partial charge in [-0.1, -0.05) is 17.7 Å². The van der Waals surface area contributed by atoms with Gasteiger partial charge in [-0.25, -0.2) is 0 Å². The SMILES string of the molecule is CCN1C(=O)CS[C@@H]1c1ccn(-c2ccc(C)cc2)c1. The second-order valence-electron chi connectivity index (χ2n) is 5.03. The molecule has 2 aromatic rings. The van der Waals surface area contributed by atoms with E-state index in [0.717, 1.165) is 12.2 Å². The third-order valence-corrected chi connectivity index (χ3v) is 4.90. The minimum atomic E-state index is 0.166. The zero-order valence-electron chi connectivity index (χ0n) is 11.7. The lowest BCUT2D eigenvalue weighted by Gasteiger charge is -2.21. The summed E-state index contributed by atoms with van der Waals surface area (Å²) in [6.45, 7) is 4.89. The van der Waals surface area contributed by atoms with Crippen molar-refractivity contribution in [3.05, 3.63) is 53.9 Å². The van der Waals surface area contributed by atoms with Gasteiger partial charge in [-0.3, -0.25) is 4.79 Å². The first-order chi connectivity index (χ1) is 9.69. The Morgan fingerprint density at radius 1 is 1.25 bits per heavy atom. The first-order valence-electron chi connectivity index (χ1n) is 6.85. The van der Waals surface area contributed by atoms with Crippen LogP contribution in [0.15, 0.2) is 42.7 Å². The minimum absolute atomic E-state index is 0.166. The van der Waals surface area contributed by atoms with Gasteiger partial charge in [0.1, 0.15) is 5.37 Å². The lowest BCUT2D eigenvalue weighted by Crippen LogP contribution is -2.27. The summed E-state index contributed by atoms with van der Waals surface area (Å²) in [4.78, 5) is 13.7. The molecule has 1 fully saturated rings. The molecule has 1 aliphatic heterocycles. The number of hydrogen-bond donors (Lipinski definition) is 0. The lowest BCUT2D eigenvalue weighted by molar-refractivity contribution is -0.127. The van der Waals surface area contributed by atoms with Crippen LogP contribution in [0.5, 0.6) is 0 Å². The van der Waals surface area contributed by atoms with E-state index in [1.54, 1.807) is 11.8 Å². The van der Waals surface area contributed by atoms with Crippen molar-refractivity contribution < 1.29 is 4.79 Å². The van der Waals surface area contributed by atoms with E-state index in [9.17, 15) is 4.79 Å². The molecule has 2 heterocycles. The molecule has 0 spiro atoms. The molecule has 3 rings (SSSR count). The molecule has 4 heteroatoms. The van der Waals surface area contributed by atoms with Crippen molar-refractivity contribution in [3.8, 4) is 5.69 Å². The van der Waals surface area contributed by atoms with E-state index in [0.29, 0.717) is 5.75 Å². The van der Waals surface area contributed by atoms with Crippen LogP contribution in [-0.2, 0) is 4.79 Å². The van der Waals surface area contributed by atoms with Crippen LogP contribution in [0.2, 0.25) is 0 Å². The largest absolute Gasteiger partial charge is 0.326 e. The Kier molecular flexibility index (Phi) is 3.57. The molecule has 3 nitrogen and oxygen atoms in total. The summed E-state index contributed by atoms with van der Waals surface area (Å²) in [5.41, 5.74) is 3.61. The fourth-order valence-electron chi connectivity index (χ4n) is 2.51. The van der Waals surface area contributed by atoms with Crippen molar-refractivity contribution >= 4 is 17.7 Å². The highest BCUT2D eigenvalue weighted by atomic mass is 32.2. The van der Waals surface area contributed by atoms with E-state index in [4.69, 9.17) is 0 Å². The maximum Gasteiger partial charge on any atom is 0.233 e. The summed E-state index contributed by atoms with van der Waals surface area (Å²) in [6, 6.07) is 10.6. The number of carbonyl (C=O) groups excluding carboxylic acids is 1. The third-order valence-electron chi connectivity index (χ3n) is 3.64. The van der Waals surface area contributed by atoms with Gasteiger partial charge in [0.25, 0.3) is 0 Å². The molecule has 20 heavy (non-hydrogen) atoms. The average Bonchev–Trinajstić information content (AvgIpc) is 3.06. The Labute approximate surface area is 123 Å². The standard InChI is InChI=1S/C16H18N2OS/c1-3-18-15(19)11-20-16(18)13-8-9-17(10-13)14-6-4-12(2)5-7-14/h4-10,16H,3,11H2,1-2H3/t16-/m1/s1. The van der Waals surface area contributed by atoms with E-state index < -0.39 is 0 Å². The maximum absolute atomic E-state index is 11.8. The van der Waals surface area contributed by atoms with Crippen molar-refractivity contribution in [3.63, 3.8) is 0 Å². The molecule has 0 aliphatic carbocycles. The number of hydrogen-bond acceptors (Lipinski definition) is 2. The van der Waals surface area contributed by atoms with Crippen LogP contribution in [0, 0.1) is 6.92 Å². The highest BCUT2D eigenvalue weighted by Crippen LogP contribution is 2.38. The lowest BCUT2D eigenvalue weighted by atomic mass is 10.2. The summed E-state index contributed by atoms with van der Waals surface area (Å²) in [5.74, 6) is 0.833. The van der Waals surface area contributed by atoms with Crippen LogP contribution < -0.4 is 0 Å². The Bertz CT molecular complexity index is 618. The molecule has 0 bridgehead atoms. The van der Waals surface area contributed by atoms with Gasteiger partial charge in [-0.15, -0.1) is 11.8 Å². The maximum atomic E-state index is 11.8. The normalized spacial score (nSPS) is 18.8. The van der Waals surface area contributed by atoms with Crippen LogP contribution in [0.1, 0.15) is 23.4 Å². The van der Waals surface area contributed by atoms with E-state index in [1.165, 1.54) is 11.1 Å². The summed E-state index contributed by atoms with van der Waals surface area (Å²) < 4.78 is 2.12. The van der Waals surface area contributed by atoms with Crippen LogP contribution in [-0.4, -0.2) is 27.7 Å². The van der Waals surface area contributed by atoms with Crippen LogP contribution in [0.4, 0.5) is 0 Å². The van der Waals surface area contributed by atoms with Gasteiger partial charge >= 0.3 is 0 Å². The number of rotatable bonds is 3. The molecular formula is C16H18N2OS. The molecule has 1 amide bonds. The van der Waals surface area contributed by atoms with E-state index >= 15 is 0 Å². The number of aromatic nitrogens is 1. The number of benzene rings is 1. The quantitative estimate of drug-likeness (QED) is 0.864. The van der Waals surface area contributed by atoms with Gasteiger partial charge in [0.15, 0.2) is 0 Å². The van der Waals surface area contributed by atoms with Gasteiger partial charge in [0.05, 0.1) is 5.75 Å². The third kappa shape index (κ3) is 2.36. The molecule has 0 radical (unpaired) electrons. The number of thioether (sulfide) groups is 1. The summed E-state index contributed by atoms with van der Waals surface area (Å²) in [6.07, 6.45) is 4.20. The predicted octanol–water partition coefficient (Wildman–Crippen LogP) is 3.38. The number of aryl methyl sites for hydroxylation is 1. The minimum Gasteiger partial charge on any atom is -0.326 e. The first kappa shape index (κ1) is 13.3. The average molecular weight is 286 g/mol. The molecule has 1 saturated heterocycles. The number of nitrogens with zero attached hydrogens (tertiary/aromatic N) is 2. The smallest absolute Gasteiger partial charge is 0.233 e. The summed E-state index contributed by atoms with van der Waals surface area (Å²) in [7, 11) is 0. The Balaban J connectivity index is 1.87. The van der Waals surface area contributed by atoms with Gasteiger partial charge in [-0.2, -0.15) is 0 Å². The summed E-state index contributed by atoms with van der Waals surface area (Å²) >= 11 is 1.71. The molecule has 1 aromatic carbocycles. The highest BCUT2D eigenvalue weighted by molar-refractivity contribution is 8.00. The second kappa shape index (κ2) is 5.37. The Morgan fingerprint density at radius 3 is 2.70 bits per heavy atom. The van der Waals surface area contributed by atoms with Gasteiger partial charge in [0, 0.05) is 30.2 Å². The van der Waals surface area contributed by atoms with Crippen LogP contribution >= 0.6 is 11.8 Å². The Morgan fingerprint density at radius 2 is 2.00 bits per heavy atom. The van der Waals surface area contributed by atoms with Crippen LogP contribution in [0.25, 0.3) is 5.69 Å². The molecule has 1 aromatic heterocycles. The number of carbonyl (C=O) groups is 1. The molecule has 0 unspecified atom stereocenters. The van der Waals surface area contributed by atoms with E-state index in [-0.39, 0.29) is 11.3 Å². The molecule has 0 saturated carbocycles. The monoisotopic (exact) mass is 286 g/mol. The van der Waals surface area contributed by atoms with Gasteiger partial charge in [-0.05, 0) is 32.0 Å². The topological polar surface area (TPSA) is 25.2 Å². The molecule has 1 aliphatic rings. The Hall–Kier alpha value is -1.68. The highest BCUT2D eigenvalue weighted by Gasteiger charge is 2.31. The second-order valence-corrected chi connectivity index (χ2v) is 6.10. The van der Waals surface area contributed by atoms with E-state index in [1.807, 2.05) is 11.8 Å². The van der Waals surface area contributed by atoms with Crippen molar-refractivity contribution in [2.24, 2.45) is 0 Å². The fourth-order valence-corrected chi connectivity index (χ4v) is 3.75. The zero-order valence-corrected chi connectivity index (χ0v) is 12.6. The van der Waals surface area contributed by atoms with E-state index in [2.05, 4.69) is 54.2 Å². The summed E-state index contributed by atoms with van der Waals surface area (Å²) in [5, 5.41) is 0.166. The molecule has 104 valence electrons. The number of amides is 1. The molecule has 1 atom stereocenters. The van der Waals surface area contributed by atoms with Gasteiger partial charge < -0.3 is 9.47 Å². The zero-order chi connectivity index (χ0) is 14.1. The van der Waals surface area contributed by atoms with Gasteiger partial charge in [0.2, 0.25) is 5.91 Å². The molecular weight excluding hydrogens is 268 g/mol. The first-order valence-corrected chi connectivity index (χ1v) is 7.90. The predicted molar refractivity (Wildman–Crippen MR) is 83.1 cm³/mol. The molecule has 0 N–H and O–H groups in total. The van der Waals surface area contributed by atoms with Crippen molar-refractivity contribution in [2.75, 3.05) is 12.3 Å². The van der Waals surface area contributed by atoms with Crippen molar-refractivity contribution in [2.45, 2.75) is 19.2 Å². The fraction of sp³-hybridized carbons (Fsp3) is 0.312.